The van der Waals surface area contributed by atoms with Crippen molar-refractivity contribution < 1.29 is 0 Å². The normalized spacial score (nSPS) is 12.7. The van der Waals surface area contributed by atoms with Crippen molar-refractivity contribution in [1.29, 1.82) is 0 Å². The van der Waals surface area contributed by atoms with Gasteiger partial charge in [-0.15, -0.1) is 0 Å². The van der Waals surface area contributed by atoms with Crippen molar-refractivity contribution in [3.8, 4) is 11.3 Å². The van der Waals surface area contributed by atoms with Gasteiger partial charge < -0.3 is 10.7 Å². The Balaban J connectivity index is 2.31. The number of hydrogen-bond donors (Lipinski definition) is 2. The summed E-state index contributed by atoms with van der Waals surface area (Å²) in [6.07, 6.45) is 1.87. The van der Waals surface area contributed by atoms with Crippen molar-refractivity contribution in [1.82, 2.24) is 9.97 Å². The van der Waals surface area contributed by atoms with Crippen LogP contribution in [0.15, 0.2) is 30.5 Å². The van der Waals surface area contributed by atoms with E-state index >= 15 is 0 Å². The van der Waals surface area contributed by atoms with Crippen molar-refractivity contribution in [2.24, 2.45) is 5.73 Å². The third-order valence-electron chi connectivity index (χ3n) is 2.74. The van der Waals surface area contributed by atoms with E-state index in [0.29, 0.717) is 6.54 Å². The van der Waals surface area contributed by atoms with E-state index in [1.54, 1.807) is 0 Å². The van der Waals surface area contributed by atoms with Crippen LogP contribution in [0, 0.1) is 6.92 Å². The molecule has 0 amide bonds. The topological polar surface area (TPSA) is 54.7 Å². The molecule has 1 aromatic heterocycles. The minimum absolute atomic E-state index is 0.276. The molecule has 0 fully saturated rings. The van der Waals surface area contributed by atoms with Gasteiger partial charge in [0.05, 0.1) is 11.9 Å². The van der Waals surface area contributed by atoms with Crippen LogP contribution < -0.4 is 5.73 Å². The predicted octanol–water partition coefficient (Wildman–Crippen LogP) is 2.45. The first-order valence-electron chi connectivity index (χ1n) is 5.52. The van der Waals surface area contributed by atoms with Gasteiger partial charge in [-0.1, -0.05) is 30.7 Å². The van der Waals surface area contributed by atoms with Gasteiger partial charge in [0, 0.05) is 12.5 Å². The highest BCUT2D eigenvalue weighted by Crippen LogP contribution is 2.20. The van der Waals surface area contributed by atoms with Gasteiger partial charge in [-0.2, -0.15) is 0 Å². The third kappa shape index (κ3) is 2.14. The molecule has 0 saturated heterocycles. The SMILES string of the molecule is Cc1cccc(-c2cnc(C(C)CN)[nH]2)c1. The second-order valence-electron chi connectivity index (χ2n) is 4.19. The van der Waals surface area contributed by atoms with Crippen molar-refractivity contribution in [2.45, 2.75) is 19.8 Å². The van der Waals surface area contributed by atoms with E-state index in [1.807, 2.05) is 6.20 Å². The molecule has 1 atom stereocenters. The lowest BCUT2D eigenvalue weighted by molar-refractivity contribution is 0.725. The van der Waals surface area contributed by atoms with E-state index in [-0.39, 0.29) is 5.92 Å². The summed E-state index contributed by atoms with van der Waals surface area (Å²) >= 11 is 0. The fraction of sp³-hybridized carbons (Fsp3) is 0.308. The number of nitrogens with one attached hydrogen (secondary N) is 1. The van der Waals surface area contributed by atoms with Gasteiger partial charge >= 0.3 is 0 Å². The number of benzene rings is 1. The summed E-state index contributed by atoms with van der Waals surface area (Å²) in [5.74, 6) is 1.23. The summed E-state index contributed by atoms with van der Waals surface area (Å²) < 4.78 is 0. The summed E-state index contributed by atoms with van der Waals surface area (Å²) in [6.45, 7) is 4.77. The summed E-state index contributed by atoms with van der Waals surface area (Å²) in [5.41, 5.74) is 9.09. The van der Waals surface area contributed by atoms with E-state index in [4.69, 9.17) is 5.73 Å². The summed E-state index contributed by atoms with van der Waals surface area (Å²) in [6, 6.07) is 8.36. The van der Waals surface area contributed by atoms with Crippen LogP contribution in [0.4, 0.5) is 0 Å². The lowest BCUT2D eigenvalue weighted by Gasteiger charge is -2.03. The molecule has 0 bridgehead atoms. The average molecular weight is 215 g/mol. The maximum Gasteiger partial charge on any atom is 0.110 e. The number of aromatic amines is 1. The number of aromatic nitrogens is 2. The Labute approximate surface area is 95.7 Å². The van der Waals surface area contributed by atoms with Crippen LogP contribution in [-0.4, -0.2) is 16.5 Å². The van der Waals surface area contributed by atoms with Gasteiger partial charge in [0.2, 0.25) is 0 Å². The number of nitrogens with zero attached hydrogens (tertiary/aromatic N) is 1. The maximum atomic E-state index is 5.62. The van der Waals surface area contributed by atoms with Gasteiger partial charge in [-0.3, -0.25) is 0 Å². The Bertz CT molecular complexity index is 474. The minimum atomic E-state index is 0.276. The highest BCUT2D eigenvalue weighted by molar-refractivity contribution is 5.59. The zero-order chi connectivity index (χ0) is 11.5. The molecular formula is C13H17N3. The van der Waals surface area contributed by atoms with Gasteiger partial charge in [0.1, 0.15) is 5.82 Å². The molecular weight excluding hydrogens is 198 g/mol. The molecule has 2 rings (SSSR count). The monoisotopic (exact) mass is 215 g/mol. The van der Waals surface area contributed by atoms with E-state index in [1.165, 1.54) is 11.1 Å². The number of nitrogens with two attached hydrogens (primary N) is 1. The van der Waals surface area contributed by atoms with Gasteiger partial charge in [-0.25, -0.2) is 4.98 Å². The molecule has 0 aliphatic rings. The van der Waals surface area contributed by atoms with Crippen LogP contribution in [0.5, 0.6) is 0 Å². The molecule has 84 valence electrons. The number of imidazole rings is 1. The second-order valence-corrected chi connectivity index (χ2v) is 4.19. The molecule has 16 heavy (non-hydrogen) atoms. The molecule has 2 aromatic rings. The second kappa shape index (κ2) is 4.49. The van der Waals surface area contributed by atoms with Crippen molar-refractivity contribution in [3.05, 3.63) is 41.9 Å². The summed E-state index contributed by atoms with van der Waals surface area (Å²) in [4.78, 5) is 7.67. The molecule has 3 N–H and O–H groups in total. The highest BCUT2D eigenvalue weighted by atomic mass is 14.9. The number of H-pyrrole nitrogens is 1. The Hall–Kier alpha value is -1.61. The molecule has 1 aromatic carbocycles. The largest absolute Gasteiger partial charge is 0.342 e. The Kier molecular flexibility index (Phi) is 3.06. The first kappa shape index (κ1) is 10.9. The molecule has 0 spiro atoms. The van der Waals surface area contributed by atoms with E-state index < -0.39 is 0 Å². The van der Waals surface area contributed by atoms with Gasteiger partial charge in [0.15, 0.2) is 0 Å². The molecule has 1 unspecified atom stereocenters. The summed E-state index contributed by atoms with van der Waals surface area (Å²) in [5, 5.41) is 0. The Morgan fingerprint density at radius 2 is 2.25 bits per heavy atom. The molecule has 0 radical (unpaired) electrons. The van der Waals surface area contributed by atoms with E-state index in [9.17, 15) is 0 Å². The minimum Gasteiger partial charge on any atom is -0.342 e. The fourth-order valence-electron chi connectivity index (χ4n) is 1.66. The van der Waals surface area contributed by atoms with Crippen LogP contribution in [0.3, 0.4) is 0 Å². The zero-order valence-electron chi connectivity index (χ0n) is 9.70. The third-order valence-corrected chi connectivity index (χ3v) is 2.74. The standard InChI is InChI=1S/C13H17N3/c1-9-4-3-5-11(6-9)12-8-15-13(16-12)10(2)7-14/h3-6,8,10H,7,14H2,1-2H3,(H,15,16). The Morgan fingerprint density at radius 1 is 1.44 bits per heavy atom. The highest BCUT2D eigenvalue weighted by Gasteiger charge is 2.08. The average Bonchev–Trinajstić information content (AvgIpc) is 2.77. The van der Waals surface area contributed by atoms with Crippen LogP contribution in [0.25, 0.3) is 11.3 Å². The maximum absolute atomic E-state index is 5.62. The molecule has 0 saturated carbocycles. The Morgan fingerprint density at radius 3 is 2.94 bits per heavy atom. The number of aryl methyl sites for hydroxylation is 1. The smallest absolute Gasteiger partial charge is 0.110 e. The van der Waals surface area contributed by atoms with Crippen molar-refractivity contribution in [3.63, 3.8) is 0 Å². The lowest BCUT2D eigenvalue weighted by Crippen LogP contribution is -2.10. The summed E-state index contributed by atoms with van der Waals surface area (Å²) in [7, 11) is 0. The van der Waals surface area contributed by atoms with Crippen LogP contribution in [0.1, 0.15) is 24.2 Å². The zero-order valence-corrected chi connectivity index (χ0v) is 9.70. The van der Waals surface area contributed by atoms with Crippen molar-refractivity contribution in [2.75, 3.05) is 6.54 Å². The van der Waals surface area contributed by atoms with Crippen molar-refractivity contribution >= 4 is 0 Å². The van der Waals surface area contributed by atoms with Gasteiger partial charge in [0.25, 0.3) is 0 Å². The van der Waals surface area contributed by atoms with E-state index in [0.717, 1.165) is 11.5 Å². The fourth-order valence-corrected chi connectivity index (χ4v) is 1.66. The van der Waals surface area contributed by atoms with Crippen LogP contribution in [0.2, 0.25) is 0 Å². The lowest BCUT2D eigenvalue weighted by atomic mass is 10.1. The molecule has 1 heterocycles. The molecule has 3 nitrogen and oxygen atoms in total. The molecule has 3 heteroatoms. The molecule has 0 aliphatic carbocycles. The first-order chi connectivity index (χ1) is 7.70. The van der Waals surface area contributed by atoms with Crippen LogP contribution in [-0.2, 0) is 0 Å². The first-order valence-corrected chi connectivity index (χ1v) is 5.52. The number of hydrogen-bond acceptors (Lipinski definition) is 2. The van der Waals surface area contributed by atoms with Crippen LogP contribution >= 0.6 is 0 Å². The quantitative estimate of drug-likeness (QED) is 0.826. The van der Waals surface area contributed by atoms with Gasteiger partial charge in [-0.05, 0) is 18.6 Å². The molecule has 0 aliphatic heterocycles. The predicted molar refractivity (Wildman–Crippen MR) is 66.2 cm³/mol. The number of rotatable bonds is 3. The van der Waals surface area contributed by atoms with E-state index in [2.05, 4.69) is 48.1 Å².